The fourth-order valence-electron chi connectivity index (χ4n) is 1.66. The van der Waals surface area contributed by atoms with Crippen molar-refractivity contribution in [2.45, 2.75) is 12.8 Å². The summed E-state index contributed by atoms with van der Waals surface area (Å²) in [4.78, 5) is 16.0. The zero-order valence-corrected chi connectivity index (χ0v) is 11.2. The summed E-state index contributed by atoms with van der Waals surface area (Å²) in [7, 11) is 0. The molecule has 2 nitrogen and oxygen atoms in total. The number of aromatic nitrogens is 1. The lowest BCUT2D eigenvalue weighted by Gasteiger charge is -2.04. The number of nitrogens with zero attached hydrogens (tertiary/aromatic N) is 1. The van der Waals surface area contributed by atoms with Gasteiger partial charge in [-0.05, 0) is 35.9 Å². The molecule has 0 radical (unpaired) electrons. The first-order valence-electron chi connectivity index (χ1n) is 5.50. The Morgan fingerprint density at radius 1 is 1.22 bits per heavy atom. The van der Waals surface area contributed by atoms with Crippen molar-refractivity contribution in [1.82, 2.24) is 4.98 Å². The first-order valence-corrected chi connectivity index (χ1v) is 6.30. The number of benzene rings is 1. The number of carbonyl (C=O) groups excluding carboxylic acids is 1. The average Bonchev–Trinajstić information content (AvgIpc) is 2.35. The smallest absolute Gasteiger partial charge is 0.143 e. The first kappa shape index (κ1) is 12.9. The Labute approximate surface area is 113 Å². The molecule has 0 spiro atoms. The zero-order chi connectivity index (χ0) is 13.0. The Bertz CT molecular complexity index is 557. The first-order chi connectivity index (χ1) is 8.65. The van der Waals surface area contributed by atoms with Crippen LogP contribution in [0.3, 0.4) is 0 Å². The molecule has 0 saturated carbocycles. The zero-order valence-electron chi connectivity index (χ0n) is 9.57. The van der Waals surface area contributed by atoms with E-state index in [1.165, 1.54) is 12.1 Å². The van der Waals surface area contributed by atoms with E-state index in [1.807, 2.05) is 6.07 Å². The molecule has 0 aliphatic carbocycles. The van der Waals surface area contributed by atoms with Gasteiger partial charge in [-0.15, -0.1) is 0 Å². The van der Waals surface area contributed by atoms with Gasteiger partial charge in [-0.3, -0.25) is 9.78 Å². The third kappa shape index (κ3) is 3.47. The molecule has 2 aromatic rings. The minimum absolute atomic E-state index is 0.0139. The van der Waals surface area contributed by atoms with Gasteiger partial charge in [0.15, 0.2) is 0 Å². The molecule has 1 aromatic heterocycles. The van der Waals surface area contributed by atoms with Crippen LogP contribution in [0.4, 0.5) is 4.39 Å². The SMILES string of the molecule is O=C(Cc1ccccn1)Cc1cc(F)ccc1Br. The van der Waals surface area contributed by atoms with Crippen LogP contribution >= 0.6 is 15.9 Å². The van der Waals surface area contributed by atoms with Crippen LogP contribution in [-0.2, 0) is 17.6 Å². The summed E-state index contributed by atoms with van der Waals surface area (Å²) in [5.41, 5.74) is 1.39. The highest BCUT2D eigenvalue weighted by molar-refractivity contribution is 9.10. The van der Waals surface area contributed by atoms with Crippen molar-refractivity contribution >= 4 is 21.7 Å². The van der Waals surface area contributed by atoms with Gasteiger partial charge in [0, 0.05) is 29.2 Å². The van der Waals surface area contributed by atoms with Gasteiger partial charge in [0.25, 0.3) is 0 Å². The molecular weight excluding hydrogens is 297 g/mol. The van der Waals surface area contributed by atoms with E-state index in [9.17, 15) is 9.18 Å². The highest BCUT2D eigenvalue weighted by Crippen LogP contribution is 2.19. The molecule has 0 bridgehead atoms. The lowest BCUT2D eigenvalue weighted by Crippen LogP contribution is -2.08. The number of carbonyl (C=O) groups is 1. The summed E-state index contributed by atoms with van der Waals surface area (Å²) in [6.07, 6.45) is 2.12. The van der Waals surface area contributed by atoms with Crippen LogP contribution in [0.1, 0.15) is 11.3 Å². The topological polar surface area (TPSA) is 30.0 Å². The van der Waals surface area contributed by atoms with E-state index >= 15 is 0 Å². The van der Waals surface area contributed by atoms with Crippen molar-refractivity contribution in [3.05, 3.63) is 64.1 Å². The van der Waals surface area contributed by atoms with Crippen LogP contribution in [0.15, 0.2) is 47.1 Å². The predicted molar refractivity (Wildman–Crippen MR) is 70.8 cm³/mol. The third-order valence-corrected chi connectivity index (χ3v) is 3.27. The molecule has 0 atom stereocenters. The number of hydrogen-bond donors (Lipinski definition) is 0. The second-order valence-corrected chi connectivity index (χ2v) is 4.80. The van der Waals surface area contributed by atoms with Crippen molar-refractivity contribution in [2.24, 2.45) is 0 Å². The molecule has 0 aliphatic heterocycles. The second kappa shape index (κ2) is 5.87. The minimum Gasteiger partial charge on any atom is -0.299 e. The molecular formula is C14H11BrFNO. The molecule has 0 aliphatic rings. The Balaban J connectivity index is 2.05. The molecule has 0 fully saturated rings. The Kier molecular flexibility index (Phi) is 4.20. The lowest BCUT2D eigenvalue weighted by molar-refractivity contribution is -0.117. The number of Topliss-reactive ketones (excluding diaryl/α,β-unsaturated/α-hetero) is 1. The third-order valence-electron chi connectivity index (χ3n) is 2.50. The van der Waals surface area contributed by atoms with Crippen molar-refractivity contribution < 1.29 is 9.18 Å². The fraction of sp³-hybridized carbons (Fsp3) is 0.143. The highest BCUT2D eigenvalue weighted by atomic mass is 79.9. The van der Waals surface area contributed by atoms with Gasteiger partial charge in [0.1, 0.15) is 11.6 Å². The number of pyridine rings is 1. The van der Waals surface area contributed by atoms with Gasteiger partial charge in [-0.25, -0.2) is 4.39 Å². The second-order valence-electron chi connectivity index (χ2n) is 3.95. The maximum Gasteiger partial charge on any atom is 0.143 e. The van der Waals surface area contributed by atoms with Crippen LogP contribution in [-0.4, -0.2) is 10.8 Å². The predicted octanol–water partition coefficient (Wildman–Crippen LogP) is 3.34. The Morgan fingerprint density at radius 2 is 2.06 bits per heavy atom. The largest absolute Gasteiger partial charge is 0.299 e. The quantitative estimate of drug-likeness (QED) is 0.867. The number of rotatable bonds is 4. The summed E-state index contributed by atoms with van der Waals surface area (Å²) < 4.78 is 13.8. The van der Waals surface area contributed by atoms with E-state index in [2.05, 4.69) is 20.9 Å². The van der Waals surface area contributed by atoms with E-state index < -0.39 is 0 Å². The van der Waals surface area contributed by atoms with Crippen LogP contribution in [0.5, 0.6) is 0 Å². The van der Waals surface area contributed by atoms with Gasteiger partial charge >= 0.3 is 0 Å². The number of hydrogen-bond acceptors (Lipinski definition) is 2. The monoisotopic (exact) mass is 307 g/mol. The molecule has 0 amide bonds. The lowest BCUT2D eigenvalue weighted by atomic mass is 10.1. The van der Waals surface area contributed by atoms with Crippen LogP contribution < -0.4 is 0 Å². The summed E-state index contributed by atoms with van der Waals surface area (Å²) in [6, 6.07) is 9.79. The van der Waals surface area contributed by atoms with E-state index in [-0.39, 0.29) is 24.4 Å². The number of halogens is 2. The van der Waals surface area contributed by atoms with Gasteiger partial charge < -0.3 is 0 Å². The standard InChI is InChI=1S/C14H11BrFNO/c15-14-5-4-11(16)7-10(14)8-13(18)9-12-3-1-2-6-17-12/h1-7H,8-9H2. The summed E-state index contributed by atoms with van der Waals surface area (Å²) in [5.74, 6) is -0.321. The van der Waals surface area contributed by atoms with E-state index in [0.29, 0.717) is 5.56 Å². The van der Waals surface area contributed by atoms with Crippen LogP contribution in [0, 0.1) is 5.82 Å². The van der Waals surface area contributed by atoms with Gasteiger partial charge in [-0.1, -0.05) is 22.0 Å². The molecule has 1 aromatic carbocycles. The van der Waals surface area contributed by atoms with Crippen molar-refractivity contribution in [3.63, 3.8) is 0 Å². The molecule has 18 heavy (non-hydrogen) atoms. The molecule has 0 unspecified atom stereocenters. The highest BCUT2D eigenvalue weighted by Gasteiger charge is 2.09. The normalized spacial score (nSPS) is 10.3. The van der Waals surface area contributed by atoms with Crippen molar-refractivity contribution in [1.29, 1.82) is 0 Å². The van der Waals surface area contributed by atoms with Crippen molar-refractivity contribution in [2.75, 3.05) is 0 Å². The molecule has 4 heteroatoms. The fourth-order valence-corrected chi connectivity index (χ4v) is 2.05. The minimum atomic E-state index is -0.334. The maximum absolute atomic E-state index is 13.1. The van der Waals surface area contributed by atoms with E-state index in [4.69, 9.17) is 0 Å². The van der Waals surface area contributed by atoms with Gasteiger partial charge in [0.05, 0.1) is 0 Å². The van der Waals surface area contributed by atoms with E-state index in [1.54, 1.807) is 24.4 Å². The van der Waals surface area contributed by atoms with Crippen LogP contribution in [0.25, 0.3) is 0 Å². The van der Waals surface area contributed by atoms with Gasteiger partial charge in [0.2, 0.25) is 0 Å². The average molecular weight is 308 g/mol. The Hall–Kier alpha value is -1.55. The van der Waals surface area contributed by atoms with Crippen molar-refractivity contribution in [3.8, 4) is 0 Å². The van der Waals surface area contributed by atoms with Gasteiger partial charge in [-0.2, -0.15) is 0 Å². The maximum atomic E-state index is 13.1. The molecule has 0 saturated heterocycles. The summed E-state index contributed by atoms with van der Waals surface area (Å²) in [6.45, 7) is 0. The number of ketones is 1. The molecule has 2 rings (SSSR count). The van der Waals surface area contributed by atoms with Crippen LogP contribution in [0.2, 0.25) is 0 Å². The molecule has 0 N–H and O–H groups in total. The summed E-state index contributed by atoms with van der Waals surface area (Å²) in [5, 5.41) is 0. The summed E-state index contributed by atoms with van der Waals surface area (Å²) >= 11 is 3.31. The molecule has 92 valence electrons. The van der Waals surface area contributed by atoms with E-state index in [0.717, 1.165) is 10.2 Å². The molecule has 1 heterocycles. The Morgan fingerprint density at radius 3 is 2.78 bits per heavy atom.